The quantitative estimate of drug-likeness (QED) is 0.691. The molecule has 0 aliphatic carbocycles. The molecule has 2 aromatic rings. The highest BCUT2D eigenvalue weighted by Gasteiger charge is 2.14. The van der Waals surface area contributed by atoms with Crippen molar-refractivity contribution in [1.82, 2.24) is 15.0 Å². The van der Waals surface area contributed by atoms with E-state index in [2.05, 4.69) is 34.4 Å². The van der Waals surface area contributed by atoms with Gasteiger partial charge >= 0.3 is 0 Å². The van der Waals surface area contributed by atoms with Crippen molar-refractivity contribution in [1.29, 1.82) is 0 Å². The predicted molar refractivity (Wildman–Crippen MR) is 95.4 cm³/mol. The molecule has 0 aliphatic rings. The molecule has 0 fully saturated rings. The number of benzene rings is 1. The number of ether oxygens (including phenoxy) is 1. The predicted octanol–water partition coefficient (Wildman–Crippen LogP) is 1.92. The van der Waals surface area contributed by atoms with Crippen molar-refractivity contribution in [2.45, 2.75) is 25.8 Å². The molecule has 0 radical (unpaired) electrons. The third kappa shape index (κ3) is 5.86. The van der Waals surface area contributed by atoms with Crippen LogP contribution in [-0.2, 0) is 28.9 Å². The first-order chi connectivity index (χ1) is 12.0. The van der Waals surface area contributed by atoms with Crippen LogP contribution in [0.4, 0.5) is 5.69 Å². The lowest BCUT2D eigenvalue weighted by molar-refractivity contribution is -0.130. The minimum Gasteiger partial charge on any atom is -0.384 e. The summed E-state index contributed by atoms with van der Waals surface area (Å²) in [6, 6.07) is 8.23. The first-order valence-electron chi connectivity index (χ1n) is 8.30. The molecule has 0 atom stereocenters. The topological polar surface area (TPSA) is 71.7 Å². The second-order valence-electron chi connectivity index (χ2n) is 6.16. The highest BCUT2D eigenvalue weighted by atomic mass is 16.5. The summed E-state index contributed by atoms with van der Waals surface area (Å²) in [5.74, 6) is 1.09. The monoisotopic (exact) mass is 346 g/mol. The van der Waals surface area contributed by atoms with Crippen molar-refractivity contribution in [3.8, 4) is 0 Å². The second-order valence-corrected chi connectivity index (χ2v) is 6.16. The zero-order valence-electron chi connectivity index (χ0n) is 15.4. The minimum absolute atomic E-state index is 0.0494. The van der Waals surface area contributed by atoms with Gasteiger partial charge in [-0.15, -0.1) is 0 Å². The van der Waals surface area contributed by atoms with E-state index < -0.39 is 0 Å². The second kappa shape index (κ2) is 9.17. The first-order valence-corrected chi connectivity index (χ1v) is 8.30. The Hall–Kier alpha value is -2.41. The van der Waals surface area contributed by atoms with Crippen molar-refractivity contribution in [3.63, 3.8) is 0 Å². The van der Waals surface area contributed by atoms with Gasteiger partial charge in [-0.3, -0.25) is 4.79 Å². The Morgan fingerprint density at radius 3 is 2.52 bits per heavy atom. The van der Waals surface area contributed by atoms with Gasteiger partial charge in [0, 0.05) is 46.8 Å². The van der Waals surface area contributed by atoms with Crippen molar-refractivity contribution in [3.05, 3.63) is 41.5 Å². The Bertz CT molecular complexity index is 667. The molecule has 25 heavy (non-hydrogen) atoms. The number of aromatic nitrogens is 2. The van der Waals surface area contributed by atoms with Crippen molar-refractivity contribution >= 4 is 11.6 Å². The summed E-state index contributed by atoms with van der Waals surface area (Å²) in [5.41, 5.74) is 2.29. The highest BCUT2D eigenvalue weighted by molar-refractivity contribution is 5.76. The summed E-state index contributed by atoms with van der Waals surface area (Å²) < 4.78 is 10.1. The molecule has 2 rings (SSSR count). The number of anilines is 1. The standard InChI is InChI=1S/C18H26N4O3/c1-21(2)15-8-5-14(6-9-15)7-10-18(23)22(3)13-17-19-16(20-25-17)11-12-24-4/h5-6,8-9H,7,10-13H2,1-4H3. The van der Waals surface area contributed by atoms with Crippen LogP contribution in [0.25, 0.3) is 0 Å². The third-order valence-corrected chi connectivity index (χ3v) is 3.92. The molecule has 7 heteroatoms. The number of hydrogen-bond acceptors (Lipinski definition) is 6. The number of hydrogen-bond donors (Lipinski definition) is 0. The Morgan fingerprint density at radius 2 is 1.88 bits per heavy atom. The molecule has 0 saturated heterocycles. The zero-order valence-corrected chi connectivity index (χ0v) is 15.4. The van der Waals surface area contributed by atoms with Crippen LogP contribution in [0.5, 0.6) is 0 Å². The molecular formula is C18H26N4O3. The largest absolute Gasteiger partial charge is 0.384 e. The highest BCUT2D eigenvalue weighted by Crippen LogP contribution is 2.14. The van der Waals surface area contributed by atoms with Gasteiger partial charge in [0.15, 0.2) is 5.82 Å². The van der Waals surface area contributed by atoms with Crippen LogP contribution in [0.3, 0.4) is 0 Å². The van der Waals surface area contributed by atoms with Gasteiger partial charge in [0.25, 0.3) is 0 Å². The molecule has 0 bridgehead atoms. The van der Waals surface area contributed by atoms with E-state index in [4.69, 9.17) is 9.26 Å². The van der Waals surface area contributed by atoms with E-state index in [9.17, 15) is 4.79 Å². The van der Waals surface area contributed by atoms with Gasteiger partial charge in [0.2, 0.25) is 11.8 Å². The van der Waals surface area contributed by atoms with Crippen molar-refractivity contribution in [2.75, 3.05) is 39.8 Å². The minimum atomic E-state index is 0.0494. The van der Waals surface area contributed by atoms with Crippen LogP contribution in [-0.4, -0.2) is 55.8 Å². The molecule has 1 aromatic heterocycles. The molecule has 0 aliphatic heterocycles. The van der Waals surface area contributed by atoms with E-state index in [1.165, 1.54) is 0 Å². The number of carbonyl (C=O) groups is 1. The van der Waals surface area contributed by atoms with Gasteiger partial charge in [0.05, 0.1) is 13.2 Å². The fourth-order valence-corrected chi connectivity index (χ4v) is 2.34. The number of aryl methyl sites for hydroxylation is 1. The maximum atomic E-state index is 12.3. The van der Waals surface area contributed by atoms with Crippen LogP contribution >= 0.6 is 0 Å². The van der Waals surface area contributed by atoms with Crippen LogP contribution in [0.15, 0.2) is 28.8 Å². The Balaban J connectivity index is 1.80. The van der Waals surface area contributed by atoms with Crippen LogP contribution in [0, 0.1) is 0 Å². The van der Waals surface area contributed by atoms with Gasteiger partial charge in [0.1, 0.15) is 0 Å². The average Bonchev–Trinajstić information content (AvgIpc) is 3.05. The van der Waals surface area contributed by atoms with Crippen LogP contribution in [0.2, 0.25) is 0 Å². The summed E-state index contributed by atoms with van der Waals surface area (Å²) >= 11 is 0. The fourth-order valence-electron chi connectivity index (χ4n) is 2.34. The van der Waals surface area contributed by atoms with Crippen LogP contribution in [0.1, 0.15) is 23.7 Å². The molecule has 1 amide bonds. The lowest BCUT2D eigenvalue weighted by atomic mass is 10.1. The molecular weight excluding hydrogens is 320 g/mol. The average molecular weight is 346 g/mol. The number of amides is 1. The maximum Gasteiger partial charge on any atom is 0.246 e. The Morgan fingerprint density at radius 1 is 1.16 bits per heavy atom. The molecule has 7 nitrogen and oxygen atoms in total. The summed E-state index contributed by atoms with van der Waals surface area (Å²) in [4.78, 5) is 20.2. The first kappa shape index (κ1) is 18.9. The van der Waals surface area contributed by atoms with Gasteiger partial charge in [-0.1, -0.05) is 17.3 Å². The van der Waals surface area contributed by atoms with Crippen LogP contribution < -0.4 is 4.90 Å². The van der Waals surface area contributed by atoms with Gasteiger partial charge in [-0.2, -0.15) is 4.98 Å². The maximum absolute atomic E-state index is 12.3. The SMILES string of the molecule is COCCc1noc(CN(C)C(=O)CCc2ccc(N(C)C)cc2)n1. The lowest BCUT2D eigenvalue weighted by Crippen LogP contribution is -2.26. The smallest absolute Gasteiger partial charge is 0.246 e. The summed E-state index contributed by atoms with van der Waals surface area (Å²) in [7, 11) is 7.38. The van der Waals surface area contributed by atoms with Gasteiger partial charge in [-0.05, 0) is 24.1 Å². The zero-order chi connectivity index (χ0) is 18.2. The number of rotatable bonds is 9. The third-order valence-electron chi connectivity index (χ3n) is 3.92. The Labute approximate surface area is 148 Å². The van der Waals surface area contributed by atoms with E-state index in [-0.39, 0.29) is 5.91 Å². The lowest BCUT2D eigenvalue weighted by Gasteiger charge is -2.15. The fraction of sp³-hybridized carbons (Fsp3) is 0.500. The van der Waals surface area contributed by atoms with E-state index in [1.807, 2.05) is 19.0 Å². The summed E-state index contributed by atoms with van der Waals surface area (Å²) in [5, 5.41) is 3.87. The molecule has 136 valence electrons. The molecule has 0 N–H and O–H groups in total. The number of nitrogens with zero attached hydrogens (tertiary/aromatic N) is 4. The summed E-state index contributed by atoms with van der Waals surface area (Å²) in [6.45, 7) is 0.860. The van der Waals surface area contributed by atoms with E-state index in [0.29, 0.717) is 44.1 Å². The van der Waals surface area contributed by atoms with E-state index in [0.717, 1.165) is 11.3 Å². The van der Waals surface area contributed by atoms with Crippen molar-refractivity contribution in [2.24, 2.45) is 0 Å². The normalized spacial score (nSPS) is 10.7. The molecule has 0 unspecified atom stereocenters. The van der Waals surface area contributed by atoms with Gasteiger partial charge < -0.3 is 19.1 Å². The number of methoxy groups -OCH3 is 1. The molecule has 0 saturated carbocycles. The van der Waals surface area contributed by atoms with E-state index in [1.54, 1.807) is 19.1 Å². The summed E-state index contributed by atoms with van der Waals surface area (Å²) in [6.07, 6.45) is 1.75. The van der Waals surface area contributed by atoms with Gasteiger partial charge in [-0.25, -0.2) is 0 Å². The number of carbonyl (C=O) groups excluding carboxylic acids is 1. The Kier molecular flexibility index (Phi) is 6.94. The molecule has 0 spiro atoms. The molecule has 1 aromatic carbocycles. The molecule has 1 heterocycles. The van der Waals surface area contributed by atoms with E-state index >= 15 is 0 Å². The van der Waals surface area contributed by atoms with Crippen molar-refractivity contribution < 1.29 is 14.1 Å².